The van der Waals surface area contributed by atoms with Gasteiger partial charge >= 0.3 is 0 Å². The number of allylic oxidation sites excluding steroid dienone is 1. The Morgan fingerprint density at radius 2 is 1.65 bits per heavy atom. The number of hydrogen-bond acceptors (Lipinski definition) is 4. The van der Waals surface area contributed by atoms with E-state index in [-0.39, 0.29) is 22.1 Å². The van der Waals surface area contributed by atoms with Crippen LogP contribution in [-0.4, -0.2) is 42.3 Å². The Hall–Kier alpha value is 0.280. The zero-order chi connectivity index (χ0) is 13.6. The lowest BCUT2D eigenvalue weighted by molar-refractivity contribution is -0.205. The molecule has 0 N–H and O–H groups in total. The second-order valence-electron chi connectivity index (χ2n) is 5.95. The average Bonchev–Trinajstić information content (AvgIpc) is 3.20. The second-order valence-corrected chi connectivity index (χ2v) is 8.11. The molecule has 0 aromatic carbocycles. The Morgan fingerprint density at radius 3 is 2.35 bits per heavy atom. The minimum atomic E-state index is -0.655. The molecule has 0 unspecified atom stereocenters. The molecule has 6 heteroatoms. The first-order valence-electron chi connectivity index (χ1n) is 6.96. The Balaban J connectivity index is 1.68. The molecule has 3 fully saturated rings. The molecular formula is C14H14Br2O4. The molecule has 0 radical (unpaired) electrons. The van der Waals surface area contributed by atoms with E-state index in [1.54, 1.807) is 0 Å². The summed E-state index contributed by atoms with van der Waals surface area (Å²) in [5.74, 6) is -0.698. The molecule has 0 aromatic rings. The highest BCUT2D eigenvalue weighted by Crippen LogP contribution is 2.71. The maximum Gasteiger partial charge on any atom is 0.205 e. The number of hydrogen-bond donors (Lipinski definition) is 0. The Labute approximate surface area is 133 Å². The normalized spacial score (nSPS) is 49.5. The SMILES string of the molecule is BrC1=C[C@H]2[C@@H]([C@H]3C=C[C@]2(Br)C32OCCO2)C12OCCO2. The largest absolute Gasteiger partial charge is 0.345 e. The highest BCUT2D eigenvalue weighted by Gasteiger charge is 2.79. The number of ether oxygens (including phenoxy) is 4. The molecule has 4 atom stereocenters. The topological polar surface area (TPSA) is 36.9 Å². The van der Waals surface area contributed by atoms with Gasteiger partial charge < -0.3 is 18.9 Å². The zero-order valence-corrected chi connectivity index (χ0v) is 13.9. The maximum atomic E-state index is 6.08. The molecule has 0 aromatic heterocycles. The minimum Gasteiger partial charge on any atom is -0.345 e. The van der Waals surface area contributed by atoms with Crippen molar-refractivity contribution >= 4 is 31.9 Å². The third-order valence-electron chi connectivity index (χ3n) is 5.31. The molecule has 0 amide bonds. The second kappa shape index (κ2) is 3.78. The van der Waals surface area contributed by atoms with Gasteiger partial charge in [0, 0.05) is 17.8 Å². The summed E-state index contributed by atoms with van der Waals surface area (Å²) in [6.45, 7) is 2.55. The van der Waals surface area contributed by atoms with E-state index < -0.39 is 11.6 Å². The predicted octanol–water partition coefficient (Wildman–Crippen LogP) is 2.33. The lowest BCUT2D eigenvalue weighted by Gasteiger charge is -2.36. The summed E-state index contributed by atoms with van der Waals surface area (Å²) in [7, 11) is 0. The molecule has 3 aliphatic carbocycles. The van der Waals surface area contributed by atoms with Crippen LogP contribution in [0, 0.1) is 17.8 Å². The third-order valence-corrected chi connectivity index (χ3v) is 7.47. The molecule has 4 nitrogen and oxygen atoms in total. The van der Waals surface area contributed by atoms with Crippen molar-refractivity contribution in [2.24, 2.45) is 17.8 Å². The molecule has 2 bridgehead atoms. The fourth-order valence-corrected chi connectivity index (χ4v) is 6.50. The van der Waals surface area contributed by atoms with Crippen LogP contribution in [0.25, 0.3) is 0 Å². The monoisotopic (exact) mass is 404 g/mol. The van der Waals surface area contributed by atoms with Gasteiger partial charge in [-0.05, 0) is 0 Å². The molecule has 108 valence electrons. The molecule has 2 heterocycles. The summed E-state index contributed by atoms with van der Waals surface area (Å²) in [5.41, 5.74) is 0. The molecule has 5 aliphatic rings. The van der Waals surface area contributed by atoms with Crippen molar-refractivity contribution in [3.8, 4) is 0 Å². The van der Waals surface area contributed by atoms with Crippen molar-refractivity contribution in [2.75, 3.05) is 26.4 Å². The summed E-state index contributed by atoms with van der Waals surface area (Å²) in [6.07, 6.45) is 6.60. The van der Waals surface area contributed by atoms with Crippen molar-refractivity contribution in [1.29, 1.82) is 0 Å². The van der Waals surface area contributed by atoms with Gasteiger partial charge in [-0.1, -0.05) is 50.1 Å². The quantitative estimate of drug-likeness (QED) is 0.458. The molecular weight excluding hydrogens is 392 g/mol. The smallest absolute Gasteiger partial charge is 0.205 e. The Kier molecular flexibility index (Phi) is 2.42. The van der Waals surface area contributed by atoms with Crippen molar-refractivity contribution in [2.45, 2.75) is 15.9 Å². The van der Waals surface area contributed by atoms with Gasteiger partial charge in [-0.15, -0.1) is 0 Å². The summed E-state index contributed by atoms with van der Waals surface area (Å²) in [4.78, 5) is 0. The molecule has 2 aliphatic heterocycles. The fourth-order valence-electron chi connectivity index (χ4n) is 4.66. The lowest BCUT2D eigenvalue weighted by atomic mass is 9.82. The van der Waals surface area contributed by atoms with Crippen LogP contribution in [0.15, 0.2) is 22.7 Å². The highest BCUT2D eigenvalue weighted by atomic mass is 79.9. The van der Waals surface area contributed by atoms with Crippen LogP contribution in [0.4, 0.5) is 0 Å². The summed E-state index contributed by atoms with van der Waals surface area (Å²) in [6, 6.07) is 0. The van der Waals surface area contributed by atoms with Crippen LogP contribution in [0.2, 0.25) is 0 Å². The lowest BCUT2D eigenvalue weighted by Crippen LogP contribution is -2.48. The number of fused-ring (bicyclic) bond motifs is 4. The molecule has 2 spiro atoms. The summed E-state index contributed by atoms with van der Waals surface area (Å²) in [5, 5.41) is 0. The van der Waals surface area contributed by atoms with E-state index in [9.17, 15) is 0 Å². The van der Waals surface area contributed by atoms with Crippen LogP contribution in [0.3, 0.4) is 0 Å². The fraction of sp³-hybridized carbons (Fsp3) is 0.714. The molecule has 5 rings (SSSR count). The summed E-state index contributed by atoms with van der Waals surface area (Å²) < 4.78 is 24.9. The van der Waals surface area contributed by atoms with E-state index in [1.165, 1.54) is 0 Å². The average molecular weight is 406 g/mol. The zero-order valence-electron chi connectivity index (χ0n) is 10.7. The van der Waals surface area contributed by atoms with Gasteiger partial charge in [-0.3, -0.25) is 0 Å². The first-order valence-corrected chi connectivity index (χ1v) is 8.55. The van der Waals surface area contributed by atoms with Crippen molar-refractivity contribution in [1.82, 2.24) is 0 Å². The van der Waals surface area contributed by atoms with Crippen LogP contribution in [-0.2, 0) is 18.9 Å². The Bertz CT molecular complexity index is 533. The highest BCUT2D eigenvalue weighted by molar-refractivity contribution is 9.11. The van der Waals surface area contributed by atoms with Crippen LogP contribution in [0.1, 0.15) is 0 Å². The van der Waals surface area contributed by atoms with Crippen LogP contribution < -0.4 is 0 Å². The van der Waals surface area contributed by atoms with Gasteiger partial charge in [0.15, 0.2) is 5.79 Å². The first kappa shape index (κ1) is 12.8. The van der Waals surface area contributed by atoms with Crippen LogP contribution >= 0.6 is 31.9 Å². The third kappa shape index (κ3) is 1.14. The maximum absolute atomic E-state index is 6.08. The Morgan fingerprint density at radius 1 is 1.00 bits per heavy atom. The van der Waals surface area contributed by atoms with Crippen molar-refractivity contribution in [3.05, 3.63) is 22.7 Å². The van der Waals surface area contributed by atoms with Gasteiger partial charge in [0.25, 0.3) is 0 Å². The van der Waals surface area contributed by atoms with Gasteiger partial charge in [0.1, 0.15) is 4.32 Å². The van der Waals surface area contributed by atoms with Gasteiger partial charge in [0.05, 0.1) is 30.9 Å². The van der Waals surface area contributed by atoms with E-state index in [4.69, 9.17) is 18.9 Å². The van der Waals surface area contributed by atoms with Gasteiger partial charge in [-0.25, -0.2) is 0 Å². The molecule has 2 saturated heterocycles. The number of rotatable bonds is 0. The van der Waals surface area contributed by atoms with E-state index in [0.717, 1.165) is 4.48 Å². The van der Waals surface area contributed by atoms with Crippen molar-refractivity contribution < 1.29 is 18.9 Å². The van der Waals surface area contributed by atoms with E-state index in [0.29, 0.717) is 26.4 Å². The van der Waals surface area contributed by atoms with E-state index in [2.05, 4.69) is 50.1 Å². The van der Waals surface area contributed by atoms with E-state index in [1.807, 2.05) is 0 Å². The number of alkyl halides is 1. The predicted molar refractivity (Wildman–Crippen MR) is 77.5 cm³/mol. The van der Waals surface area contributed by atoms with Gasteiger partial charge in [0.2, 0.25) is 5.79 Å². The summed E-state index contributed by atoms with van der Waals surface area (Å²) >= 11 is 7.58. The molecule has 20 heavy (non-hydrogen) atoms. The minimum absolute atomic E-state index is 0.138. The standard InChI is InChI=1S/C14H14Br2O4/c15-10-7-9-11(13(10)17-3-4-18-13)8-1-2-12(9,16)14(8)19-5-6-20-14/h1-2,7-9,11H,3-6H2/t8-,9+,11-,12-/m1/s1. The van der Waals surface area contributed by atoms with E-state index >= 15 is 0 Å². The van der Waals surface area contributed by atoms with Crippen LogP contribution in [0.5, 0.6) is 0 Å². The van der Waals surface area contributed by atoms with Crippen molar-refractivity contribution in [3.63, 3.8) is 0 Å². The number of halogens is 2. The van der Waals surface area contributed by atoms with Gasteiger partial charge in [-0.2, -0.15) is 0 Å². The molecule has 1 saturated carbocycles. The first-order chi connectivity index (χ1) is 9.64.